The Labute approximate surface area is 173 Å². The zero-order valence-corrected chi connectivity index (χ0v) is 17.6. The number of anilines is 3. The molecule has 0 spiro atoms. The van der Waals surface area contributed by atoms with Gasteiger partial charge in [0, 0.05) is 27.6 Å². The zero-order chi connectivity index (χ0) is 19.8. The largest absolute Gasteiger partial charge is 0.323 e. The third-order valence-electron chi connectivity index (χ3n) is 4.86. The summed E-state index contributed by atoms with van der Waals surface area (Å²) in [6.45, 7) is 5.94. The fourth-order valence-electron chi connectivity index (χ4n) is 3.72. The number of aryl methyl sites for hydroxylation is 2. The second-order valence-electron chi connectivity index (χ2n) is 7.15. The molecule has 5 nitrogen and oxygen atoms in total. The van der Waals surface area contributed by atoms with Crippen molar-refractivity contribution in [1.82, 2.24) is 9.97 Å². The van der Waals surface area contributed by atoms with Gasteiger partial charge in [0.2, 0.25) is 5.95 Å². The molecule has 2 heterocycles. The van der Waals surface area contributed by atoms with Crippen LogP contribution in [0, 0.1) is 13.8 Å². The SMILES string of the molecule is Cc1cc(C)nc(Nc2ccccc2C(=O)N2c3ccc(Br)cc3CC2C)n1. The number of para-hydroxylation sites is 1. The summed E-state index contributed by atoms with van der Waals surface area (Å²) in [6.07, 6.45) is 0.844. The predicted molar refractivity (Wildman–Crippen MR) is 115 cm³/mol. The molecule has 1 amide bonds. The number of hydrogen-bond acceptors (Lipinski definition) is 4. The van der Waals surface area contributed by atoms with Crippen LogP contribution in [0.2, 0.25) is 0 Å². The number of rotatable bonds is 3. The molecule has 28 heavy (non-hydrogen) atoms. The van der Waals surface area contributed by atoms with Crippen LogP contribution in [-0.4, -0.2) is 21.9 Å². The van der Waals surface area contributed by atoms with Crippen molar-refractivity contribution < 1.29 is 4.79 Å². The average Bonchev–Trinajstić information content (AvgIpc) is 2.95. The van der Waals surface area contributed by atoms with Crippen LogP contribution in [0.1, 0.15) is 34.2 Å². The van der Waals surface area contributed by atoms with Gasteiger partial charge < -0.3 is 10.2 Å². The minimum Gasteiger partial charge on any atom is -0.323 e. The Morgan fingerprint density at radius 2 is 1.82 bits per heavy atom. The number of nitrogens with zero attached hydrogens (tertiary/aromatic N) is 3. The van der Waals surface area contributed by atoms with Crippen molar-refractivity contribution in [2.45, 2.75) is 33.2 Å². The minimum atomic E-state index is -0.0268. The van der Waals surface area contributed by atoms with Crippen LogP contribution >= 0.6 is 15.9 Å². The van der Waals surface area contributed by atoms with Gasteiger partial charge in [0.15, 0.2) is 0 Å². The molecule has 0 saturated heterocycles. The fourth-order valence-corrected chi connectivity index (χ4v) is 4.13. The molecule has 0 fully saturated rings. The van der Waals surface area contributed by atoms with Crippen molar-refractivity contribution in [3.8, 4) is 0 Å². The summed E-state index contributed by atoms with van der Waals surface area (Å²) >= 11 is 3.52. The van der Waals surface area contributed by atoms with E-state index in [4.69, 9.17) is 0 Å². The van der Waals surface area contributed by atoms with Crippen molar-refractivity contribution in [3.05, 3.63) is 75.5 Å². The van der Waals surface area contributed by atoms with E-state index in [9.17, 15) is 4.79 Å². The van der Waals surface area contributed by atoms with Gasteiger partial charge >= 0.3 is 0 Å². The van der Waals surface area contributed by atoms with Gasteiger partial charge in [0.05, 0.1) is 11.3 Å². The highest BCUT2D eigenvalue weighted by Gasteiger charge is 2.32. The quantitative estimate of drug-likeness (QED) is 0.613. The van der Waals surface area contributed by atoms with Crippen molar-refractivity contribution >= 4 is 39.2 Å². The highest BCUT2D eigenvalue weighted by Crippen LogP contribution is 2.36. The number of halogens is 1. The van der Waals surface area contributed by atoms with Gasteiger partial charge in [-0.3, -0.25) is 4.79 Å². The normalized spacial score (nSPS) is 15.4. The highest BCUT2D eigenvalue weighted by molar-refractivity contribution is 9.10. The van der Waals surface area contributed by atoms with E-state index in [1.54, 1.807) is 0 Å². The van der Waals surface area contributed by atoms with Crippen molar-refractivity contribution in [3.63, 3.8) is 0 Å². The van der Waals surface area contributed by atoms with Gasteiger partial charge in [-0.2, -0.15) is 0 Å². The molecular weight excluding hydrogens is 416 g/mol. The van der Waals surface area contributed by atoms with Crippen LogP contribution in [0.4, 0.5) is 17.3 Å². The summed E-state index contributed by atoms with van der Waals surface area (Å²) < 4.78 is 1.03. The van der Waals surface area contributed by atoms with Gasteiger partial charge in [-0.05, 0) is 69.2 Å². The second-order valence-corrected chi connectivity index (χ2v) is 8.06. The number of benzene rings is 2. The first-order valence-electron chi connectivity index (χ1n) is 9.22. The third kappa shape index (κ3) is 3.52. The molecule has 1 N–H and O–H groups in total. The van der Waals surface area contributed by atoms with E-state index in [1.165, 1.54) is 5.56 Å². The third-order valence-corrected chi connectivity index (χ3v) is 5.36. The summed E-state index contributed by atoms with van der Waals surface area (Å²) in [5.74, 6) is 0.470. The first-order valence-corrected chi connectivity index (χ1v) is 10.0. The standard InChI is InChI=1S/C22H21BrN4O/c1-13-10-14(2)25-22(24-13)26-19-7-5-4-6-18(19)21(28)27-15(3)11-16-12-17(23)8-9-20(16)27/h4-10,12,15H,11H2,1-3H3,(H,24,25,26). The molecule has 1 aromatic heterocycles. The number of carbonyl (C=O) groups excluding carboxylic acids is 1. The van der Waals surface area contributed by atoms with Gasteiger partial charge in [0.1, 0.15) is 0 Å². The molecule has 6 heteroatoms. The molecule has 142 valence electrons. The molecule has 1 aliphatic rings. The first-order chi connectivity index (χ1) is 13.4. The Kier molecular flexibility index (Phi) is 4.89. The highest BCUT2D eigenvalue weighted by atomic mass is 79.9. The maximum Gasteiger partial charge on any atom is 0.260 e. The molecule has 0 aliphatic carbocycles. The van der Waals surface area contributed by atoms with Crippen LogP contribution in [0.5, 0.6) is 0 Å². The Hall–Kier alpha value is -2.73. The lowest BCUT2D eigenvalue weighted by atomic mass is 10.1. The van der Waals surface area contributed by atoms with Crippen LogP contribution < -0.4 is 10.2 Å². The van der Waals surface area contributed by atoms with E-state index in [0.717, 1.165) is 28.0 Å². The van der Waals surface area contributed by atoms with Gasteiger partial charge in [-0.15, -0.1) is 0 Å². The molecule has 1 atom stereocenters. The van der Waals surface area contributed by atoms with E-state index < -0.39 is 0 Å². The molecular formula is C22H21BrN4O. The lowest BCUT2D eigenvalue weighted by Gasteiger charge is -2.24. The van der Waals surface area contributed by atoms with Crippen LogP contribution in [-0.2, 0) is 6.42 Å². The molecule has 0 radical (unpaired) electrons. The summed E-state index contributed by atoms with van der Waals surface area (Å²) in [5, 5.41) is 3.23. The maximum absolute atomic E-state index is 13.5. The predicted octanol–water partition coefficient (Wildman–Crippen LogP) is 5.19. The Bertz CT molecular complexity index is 1050. The summed E-state index contributed by atoms with van der Waals surface area (Å²) in [6, 6.07) is 15.6. The number of aromatic nitrogens is 2. The summed E-state index contributed by atoms with van der Waals surface area (Å²) in [4.78, 5) is 24.2. The van der Waals surface area contributed by atoms with Gasteiger partial charge in [-0.25, -0.2) is 9.97 Å². The molecule has 4 rings (SSSR count). The number of amides is 1. The van der Waals surface area contributed by atoms with E-state index in [-0.39, 0.29) is 11.9 Å². The number of hydrogen-bond donors (Lipinski definition) is 1. The summed E-state index contributed by atoms with van der Waals surface area (Å²) in [5.41, 5.74) is 5.22. The van der Waals surface area contributed by atoms with Crippen LogP contribution in [0.25, 0.3) is 0 Å². The first kappa shape index (κ1) is 18.6. The number of carbonyl (C=O) groups is 1. The van der Waals surface area contributed by atoms with Crippen LogP contribution in [0.3, 0.4) is 0 Å². The molecule has 3 aromatic rings. The van der Waals surface area contributed by atoms with Crippen LogP contribution in [0.15, 0.2) is 53.0 Å². The Morgan fingerprint density at radius 3 is 2.57 bits per heavy atom. The Morgan fingerprint density at radius 1 is 1.11 bits per heavy atom. The van der Waals surface area contributed by atoms with Gasteiger partial charge in [0.25, 0.3) is 5.91 Å². The topological polar surface area (TPSA) is 58.1 Å². The minimum absolute atomic E-state index is 0.0268. The lowest BCUT2D eigenvalue weighted by molar-refractivity contribution is 0.0982. The van der Waals surface area contributed by atoms with E-state index in [2.05, 4.69) is 44.2 Å². The van der Waals surface area contributed by atoms with Crippen molar-refractivity contribution in [1.29, 1.82) is 0 Å². The number of fused-ring (bicyclic) bond motifs is 1. The van der Waals surface area contributed by atoms with Crippen molar-refractivity contribution in [2.75, 3.05) is 10.2 Å². The Balaban J connectivity index is 1.70. The summed E-state index contributed by atoms with van der Waals surface area (Å²) in [7, 11) is 0. The zero-order valence-electron chi connectivity index (χ0n) is 16.0. The smallest absolute Gasteiger partial charge is 0.260 e. The van der Waals surface area contributed by atoms with Gasteiger partial charge in [-0.1, -0.05) is 28.1 Å². The van der Waals surface area contributed by atoms with E-state index >= 15 is 0 Å². The number of nitrogens with one attached hydrogen (secondary N) is 1. The fraction of sp³-hybridized carbons (Fsp3) is 0.227. The molecule has 2 aromatic carbocycles. The second kappa shape index (κ2) is 7.36. The van der Waals surface area contributed by atoms with E-state index in [1.807, 2.05) is 61.2 Å². The lowest BCUT2D eigenvalue weighted by Crippen LogP contribution is -2.36. The molecule has 1 unspecified atom stereocenters. The molecule has 0 saturated carbocycles. The molecule has 0 bridgehead atoms. The maximum atomic E-state index is 13.5. The van der Waals surface area contributed by atoms with E-state index in [0.29, 0.717) is 17.2 Å². The van der Waals surface area contributed by atoms with Crippen molar-refractivity contribution in [2.24, 2.45) is 0 Å². The monoisotopic (exact) mass is 436 g/mol. The molecule has 1 aliphatic heterocycles. The average molecular weight is 437 g/mol.